The topological polar surface area (TPSA) is 76.5 Å². The zero-order valence-corrected chi connectivity index (χ0v) is 17.7. The van der Waals surface area contributed by atoms with Crippen LogP contribution in [0.5, 0.6) is 5.75 Å². The van der Waals surface area contributed by atoms with Gasteiger partial charge in [0, 0.05) is 25.7 Å². The summed E-state index contributed by atoms with van der Waals surface area (Å²) >= 11 is 0. The van der Waals surface area contributed by atoms with Crippen molar-refractivity contribution in [3.8, 4) is 5.75 Å². The number of hydrogen-bond donors (Lipinski definition) is 1. The van der Waals surface area contributed by atoms with Crippen molar-refractivity contribution >= 4 is 11.8 Å². The van der Waals surface area contributed by atoms with E-state index in [2.05, 4.69) is 10.4 Å². The van der Waals surface area contributed by atoms with Gasteiger partial charge in [0.15, 0.2) is 5.69 Å². The second kappa shape index (κ2) is 8.97. The molecule has 0 spiro atoms. The van der Waals surface area contributed by atoms with Gasteiger partial charge in [-0.3, -0.25) is 14.3 Å². The van der Waals surface area contributed by atoms with Gasteiger partial charge in [-0.05, 0) is 35.4 Å². The number of methoxy groups -OCH3 is 1. The zero-order chi connectivity index (χ0) is 23.6. The predicted molar refractivity (Wildman–Crippen MR) is 113 cm³/mol. The Hall–Kier alpha value is -3.82. The molecule has 0 aliphatic carbocycles. The molecule has 4 rings (SSSR count). The van der Waals surface area contributed by atoms with Crippen molar-refractivity contribution in [2.75, 3.05) is 13.7 Å². The molecule has 0 fully saturated rings. The largest absolute Gasteiger partial charge is 0.497 e. The Morgan fingerprint density at radius 3 is 2.55 bits per heavy atom. The molecule has 0 bridgehead atoms. The minimum absolute atomic E-state index is 0.0385. The Balaban J connectivity index is 1.41. The molecule has 10 heteroatoms. The number of ether oxygens (including phenoxy) is 1. The van der Waals surface area contributed by atoms with Crippen molar-refractivity contribution in [2.45, 2.75) is 25.8 Å². The maximum Gasteiger partial charge on any atom is 0.416 e. The van der Waals surface area contributed by atoms with Crippen LogP contribution in [0, 0.1) is 0 Å². The van der Waals surface area contributed by atoms with Crippen LogP contribution in [0.2, 0.25) is 0 Å². The number of nitrogens with zero attached hydrogens (tertiary/aromatic N) is 3. The molecular formula is C23H21F3N4O3. The number of carbonyl (C=O) groups excluding carboxylic acids is 2. The second-order valence-electron chi connectivity index (χ2n) is 7.59. The van der Waals surface area contributed by atoms with Gasteiger partial charge in [-0.15, -0.1) is 0 Å². The summed E-state index contributed by atoms with van der Waals surface area (Å²) in [6.07, 6.45) is -4.46. The van der Waals surface area contributed by atoms with Crippen LogP contribution < -0.4 is 10.1 Å². The van der Waals surface area contributed by atoms with Gasteiger partial charge in [0.1, 0.15) is 11.4 Å². The van der Waals surface area contributed by atoms with Crippen molar-refractivity contribution in [1.82, 2.24) is 20.0 Å². The lowest BCUT2D eigenvalue weighted by Crippen LogP contribution is -2.39. The molecule has 3 aromatic rings. The third-order valence-electron chi connectivity index (χ3n) is 5.34. The van der Waals surface area contributed by atoms with Crippen LogP contribution in [-0.2, 0) is 25.8 Å². The highest BCUT2D eigenvalue weighted by Gasteiger charge is 2.30. The number of nitrogens with one attached hydrogen (secondary N) is 1. The van der Waals surface area contributed by atoms with E-state index in [1.165, 1.54) is 22.9 Å². The first-order chi connectivity index (χ1) is 15.7. The van der Waals surface area contributed by atoms with E-state index in [9.17, 15) is 22.8 Å². The highest BCUT2D eigenvalue weighted by Crippen LogP contribution is 2.29. The minimum atomic E-state index is -4.46. The fourth-order valence-corrected chi connectivity index (χ4v) is 3.58. The Labute approximate surface area is 187 Å². The molecule has 7 nitrogen and oxygen atoms in total. The van der Waals surface area contributed by atoms with Crippen molar-refractivity contribution in [1.29, 1.82) is 0 Å². The Morgan fingerprint density at radius 1 is 1.09 bits per heavy atom. The molecule has 0 saturated carbocycles. The first-order valence-corrected chi connectivity index (χ1v) is 10.2. The van der Waals surface area contributed by atoms with E-state index in [1.807, 2.05) is 24.3 Å². The molecule has 2 aromatic carbocycles. The molecule has 2 amide bonds. The summed E-state index contributed by atoms with van der Waals surface area (Å²) in [4.78, 5) is 27.1. The van der Waals surface area contributed by atoms with Gasteiger partial charge in [-0.2, -0.15) is 18.3 Å². The van der Waals surface area contributed by atoms with E-state index >= 15 is 0 Å². The monoisotopic (exact) mass is 458 g/mol. The second-order valence-corrected chi connectivity index (χ2v) is 7.59. The molecule has 0 radical (unpaired) electrons. The minimum Gasteiger partial charge on any atom is -0.497 e. The van der Waals surface area contributed by atoms with E-state index < -0.39 is 17.6 Å². The molecule has 2 heterocycles. The number of alkyl halides is 3. The molecule has 0 unspecified atom stereocenters. The van der Waals surface area contributed by atoms with Crippen LogP contribution >= 0.6 is 0 Å². The van der Waals surface area contributed by atoms with Crippen LogP contribution in [-0.4, -0.2) is 40.1 Å². The van der Waals surface area contributed by atoms with E-state index in [0.717, 1.165) is 23.4 Å². The third-order valence-corrected chi connectivity index (χ3v) is 5.34. The van der Waals surface area contributed by atoms with Gasteiger partial charge in [-0.1, -0.05) is 24.3 Å². The number of carbonyl (C=O) groups is 2. The molecule has 1 aliphatic heterocycles. The normalized spacial score (nSPS) is 13.6. The van der Waals surface area contributed by atoms with Gasteiger partial charge in [0.25, 0.3) is 11.8 Å². The summed E-state index contributed by atoms with van der Waals surface area (Å²) in [5.74, 6) is -0.0899. The van der Waals surface area contributed by atoms with Crippen molar-refractivity contribution in [3.63, 3.8) is 0 Å². The molecule has 0 saturated heterocycles. The molecule has 0 atom stereocenters. The summed E-state index contributed by atoms with van der Waals surface area (Å²) in [6, 6.07) is 13.5. The number of rotatable bonds is 6. The average molecular weight is 458 g/mol. The lowest BCUT2D eigenvalue weighted by molar-refractivity contribution is -0.137. The smallest absolute Gasteiger partial charge is 0.416 e. The van der Waals surface area contributed by atoms with Gasteiger partial charge in [0.05, 0.1) is 19.2 Å². The lowest BCUT2D eigenvalue weighted by Gasteiger charge is -2.27. The standard InChI is InChI=1S/C23H21F3N4O3/c1-33-18-7-5-15(6-8-18)14-29-9-10-30-20(22(29)32)12-19(28-30)21(31)27-13-16-3-2-4-17(11-16)23(24,25)26/h2-8,11-12H,9-10,13-14H2,1H3,(H,27,31). The Kier molecular flexibility index (Phi) is 6.08. The first kappa shape index (κ1) is 22.4. The Morgan fingerprint density at radius 2 is 1.85 bits per heavy atom. The molecule has 172 valence electrons. The molecular weight excluding hydrogens is 437 g/mol. The van der Waals surface area contributed by atoms with E-state index in [-0.39, 0.29) is 18.1 Å². The summed E-state index contributed by atoms with van der Waals surface area (Å²) < 4.78 is 45.2. The Bertz CT molecular complexity index is 1170. The van der Waals surface area contributed by atoms with Crippen molar-refractivity contribution in [3.05, 3.63) is 82.7 Å². The van der Waals surface area contributed by atoms with Gasteiger partial charge in [0.2, 0.25) is 0 Å². The lowest BCUT2D eigenvalue weighted by atomic mass is 10.1. The maximum atomic E-state index is 12.9. The number of benzene rings is 2. The fraction of sp³-hybridized carbons (Fsp3) is 0.261. The first-order valence-electron chi connectivity index (χ1n) is 10.2. The van der Waals surface area contributed by atoms with Crippen LogP contribution in [0.15, 0.2) is 54.6 Å². The van der Waals surface area contributed by atoms with Crippen LogP contribution in [0.3, 0.4) is 0 Å². The zero-order valence-electron chi connectivity index (χ0n) is 17.7. The molecule has 1 N–H and O–H groups in total. The van der Waals surface area contributed by atoms with E-state index in [0.29, 0.717) is 30.9 Å². The van der Waals surface area contributed by atoms with Gasteiger partial charge in [-0.25, -0.2) is 0 Å². The van der Waals surface area contributed by atoms with E-state index in [4.69, 9.17) is 4.74 Å². The quantitative estimate of drug-likeness (QED) is 0.614. The summed E-state index contributed by atoms with van der Waals surface area (Å²) in [7, 11) is 1.58. The highest BCUT2D eigenvalue weighted by molar-refractivity contribution is 5.98. The SMILES string of the molecule is COc1ccc(CN2CCn3nc(C(=O)NCc4cccc(C(F)(F)F)c4)cc3C2=O)cc1. The summed E-state index contributed by atoms with van der Waals surface area (Å²) in [5.41, 5.74) is 0.796. The summed E-state index contributed by atoms with van der Waals surface area (Å²) in [6.45, 7) is 1.18. The van der Waals surface area contributed by atoms with Gasteiger partial charge >= 0.3 is 6.18 Å². The number of amides is 2. The molecule has 1 aliphatic rings. The maximum absolute atomic E-state index is 12.9. The fourth-order valence-electron chi connectivity index (χ4n) is 3.58. The molecule has 1 aromatic heterocycles. The van der Waals surface area contributed by atoms with Crippen molar-refractivity contribution in [2.24, 2.45) is 0 Å². The summed E-state index contributed by atoms with van der Waals surface area (Å²) in [5, 5.41) is 6.76. The van der Waals surface area contributed by atoms with Crippen LogP contribution in [0.25, 0.3) is 0 Å². The van der Waals surface area contributed by atoms with E-state index in [1.54, 1.807) is 12.0 Å². The van der Waals surface area contributed by atoms with Crippen LogP contribution in [0.4, 0.5) is 13.2 Å². The van der Waals surface area contributed by atoms with Gasteiger partial charge < -0.3 is 15.0 Å². The molecule has 33 heavy (non-hydrogen) atoms. The van der Waals surface area contributed by atoms with Crippen molar-refractivity contribution < 1.29 is 27.5 Å². The predicted octanol–water partition coefficient (Wildman–Crippen LogP) is 3.50. The number of aromatic nitrogens is 2. The van der Waals surface area contributed by atoms with Crippen LogP contribution in [0.1, 0.15) is 37.7 Å². The highest BCUT2D eigenvalue weighted by atomic mass is 19.4. The number of fused-ring (bicyclic) bond motifs is 1. The average Bonchev–Trinajstić information content (AvgIpc) is 3.25. The number of halogens is 3. The number of hydrogen-bond acceptors (Lipinski definition) is 4. The third kappa shape index (κ3) is 5.00.